The van der Waals surface area contributed by atoms with Crippen LogP contribution < -0.4 is 11.6 Å². The Labute approximate surface area is 72.3 Å². The van der Waals surface area contributed by atoms with Gasteiger partial charge in [-0.25, -0.2) is 0 Å². The summed E-state index contributed by atoms with van der Waals surface area (Å²) in [6, 6.07) is 0. The average molecular weight is 172 g/mol. The summed E-state index contributed by atoms with van der Waals surface area (Å²) in [5.74, 6) is 5.46. The van der Waals surface area contributed by atoms with Gasteiger partial charge in [0.2, 0.25) is 5.96 Å². The molecule has 0 aliphatic carbocycles. The predicted octanol–water partition coefficient (Wildman–Crippen LogP) is -0.716. The van der Waals surface area contributed by atoms with Crippen molar-refractivity contribution in [2.75, 3.05) is 13.1 Å². The third-order valence-corrected chi connectivity index (χ3v) is 1.88. The Hall–Kier alpha value is -0.970. The molecule has 2 atom stereocenters. The van der Waals surface area contributed by atoms with E-state index in [1.54, 1.807) is 0 Å². The summed E-state index contributed by atoms with van der Waals surface area (Å²) in [5, 5.41) is 3.45. The van der Waals surface area contributed by atoms with Crippen molar-refractivity contribution in [1.29, 1.82) is 0 Å². The van der Waals surface area contributed by atoms with E-state index in [4.69, 9.17) is 16.3 Å². The Kier molecular flexibility index (Phi) is 2.75. The summed E-state index contributed by atoms with van der Waals surface area (Å²) >= 11 is 0. The van der Waals surface area contributed by atoms with Crippen LogP contribution >= 0.6 is 0 Å². The largest absolute Gasteiger partial charge is 0.372 e. The molecule has 1 fully saturated rings. The normalized spacial score (nSPS) is 32.2. The molecule has 70 valence electrons. The average Bonchev–Trinajstić information content (AvgIpc) is 2.01. The molecule has 1 aliphatic heterocycles. The van der Waals surface area contributed by atoms with Crippen LogP contribution in [0.3, 0.4) is 0 Å². The molecule has 0 amide bonds. The van der Waals surface area contributed by atoms with Crippen molar-refractivity contribution in [1.82, 2.24) is 4.90 Å². The van der Waals surface area contributed by atoms with Crippen molar-refractivity contribution >= 4 is 5.96 Å². The lowest BCUT2D eigenvalue weighted by Crippen LogP contribution is -2.51. The van der Waals surface area contributed by atoms with Gasteiger partial charge in [-0.05, 0) is 13.8 Å². The van der Waals surface area contributed by atoms with Crippen LogP contribution in [0, 0.1) is 0 Å². The Morgan fingerprint density at radius 1 is 1.42 bits per heavy atom. The van der Waals surface area contributed by atoms with E-state index < -0.39 is 0 Å². The number of hydrazone groups is 1. The van der Waals surface area contributed by atoms with Crippen LogP contribution in [0.25, 0.3) is 0 Å². The van der Waals surface area contributed by atoms with Crippen LogP contribution in [-0.2, 0) is 4.74 Å². The molecule has 0 spiro atoms. The van der Waals surface area contributed by atoms with Gasteiger partial charge in [0.05, 0.1) is 12.2 Å². The maximum absolute atomic E-state index is 5.57. The lowest BCUT2D eigenvalue weighted by atomic mass is 10.2. The number of morpholine rings is 1. The summed E-state index contributed by atoms with van der Waals surface area (Å²) in [7, 11) is 0. The summed E-state index contributed by atoms with van der Waals surface area (Å²) in [6.45, 7) is 5.53. The number of nitrogens with zero attached hydrogens (tertiary/aromatic N) is 2. The van der Waals surface area contributed by atoms with Crippen LogP contribution in [0.2, 0.25) is 0 Å². The Balaban J connectivity index is 2.55. The first-order chi connectivity index (χ1) is 5.63. The van der Waals surface area contributed by atoms with E-state index >= 15 is 0 Å². The van der Waals surface area contributed by atoms with Gasteiger partial charge in [0.25, 0.3) is 0 Å². The minimum absolute atomic E-state index is 0.189. The fraction of sp³-hybridized carbons (Fsp3) is 0.857. The fourth-order valence-electron chi connectivity index (χ4n) is 1.45. The second kappa shape index (κ2) is 3.62. The maximum atomic E-state index is 5.57. The smallest absolute Gasteiger partial charge is 0.213 e. The topological polar surface area (TPSA) is 76.9 Å². The molecule has 0 aromatic carbocycles. The van der Waals surface area contributed by atoms with Crippen molar-refractivity contribution in [3.8, 4) is 0 Å². The molecule has 4 N–H and O–H groups in total. The minimum atomic E-state index is 0.189. The first-order valence-electron chi connectivity index (χ1n) is 4.07. The van der Waals surface area contributed by atoms with Gasteiger partial charge in [-0.1, -0.05) is 0 Å². The van der Waals surface area contributed by atoms with Gasteiger partial charge in [-0.15, -0.1) is 5.10 Å². The molecule has 0 bridgehead atoms. The van der Waals surface area contributed by atoms with Gasteiger partial charge in [0.1, 0.15) is 0 Å². The standard InChI is InChI=1S/C7H16N4O/c1-5-3-11(7(8)10-9)4-6(2)12-5/h5-6H,3-4,9H2,1-2H3,(H2,8,10)/t5-,6+. The van der Waals surface area contributed by atoms with E-state index in [1.165, 1.54) is 0 Å². The quantitative estimate of drug-likeness (QED) is 0.219. The minimum Gasteiger partial charge on any atom is -0.372 e. The zero-order chi connectivity index (χ0) is 9.14. The van der Waals surface area contributed by atoms with Crippen molar-refractivity contribution < 1.29 is 4.74 Å². The van der Waals surface area contributed by atoms with E-state index in [1.807, 2.05) is 18.7 Å². The lowest BCUT2D eigenvalue weighted by Gasteiger charge is -2.35. The molecule has 1 saturated heterocycles. The van der Waals surface area contributed by atoms with Gasteiger partial charge >= 0.3 is 0 Å². The SMILES string of the molecule is C[C@@H]1CN(/C(N)=N/N)C[C@H](C)O1. The molecular formula is C7H16N4O. The molecule has 5 heteroatoms. The highest BCUT2D eigenvalue weighted by atomic mass is 16.5. The monoisotopic (exact) mass is 172 g/mol. The van der Waals surface area contributed by atoms with Gasteiger partial charge < -0.3 is 21.2 Å². The van der Waals surface area contributed by atoms with E-state index in [-0.39, 0.29) is 12.2 Å². The molecule has 1 rings (SSSR count). The molecule has 0 aromatic rings. The van der Waals surface area contributed by atoms with Crippen LogP contribution in [-0.4, -0.2) is 36.2 Å². The van der Waals surface area contributed by atoms with E-state index in [0.29, 0.717) is 5.96 Å². The van der Waals surface area contributed by atoms with Crippen molar-refractivity contribution in [2.24, 2.45) is 16.7 Å². The number of guanidine groups is 1. The predicted molar refractivity (Wildman–Crippen MR) is 47.4 cm³/mol. The number of hydrogen-bond acceptors (Lipinski definition) is 3. The number of ether oxygens (including phenoxy) is 1. The van der Waals surface area contributed by atoms with Crippen molar-refractivity contribution in [3.63, 3.8) is 0 Å². The lowest BCUT2D eigenvalue weighted by molar-refractivity contribution is -0.0484. The number of nitrogens with two attached hydrogens (primary N) is 2. The third-order valence-electron chi connectivity index (χ3n) is 1.88. The second-order valence-corrected chi connectivity index (χ2v) is 3.15. The fourth-order valence-corrected chi connectivity index (χ4v) is 1.45. The Morgan fingerprint density at radius 2 is 1.92 bits per heavy atom. The molecule has 1 aliphatic rings. The maximum Gasteiger partial charge on any atom is 0.213 e. The third kappa shape index (κ3) is 2.01. The van der Waals surface area contributed by atoms with Crippen LogP contribution in [0.15, 0.2) is 5.10 Å². The molecule has 12 heavy (non-hydrogen) atoms. The summed E-state index contributed by atoms with van der Waals surface area (Å²) in [4.78, 5) is 1.93. The Morgan fingerprint density at radius 3 is 2.33 bits per heavy atom. The molecule has 0 radical (unpaired) electrons. The van der Waals surface area contributed by atoms with Gasteiger partial charge in [0, 0.05) is 13.1 Å². The van der Waals surface area contributed by atoms with E-state index in [2.05, 4.69) is 5.10 Å². The molecule has 0 saturated carbocycles. The van der Waals surface area contributed by atoms with Crippen LogP contribution in [0.1, 0.15) is 13.8 Å². The van der Waals surface area contributed by atoms with E-state index in [9.17, 15) is 0 Å². The van der Waals surface area contributed by atoms with Crippen LogP contribution in [0.4, 0.5) is 0 Å². The molecule has 1 heterocycles. The van der Waals surface area contributed by atoms with Crippen LogP contribution in [0.5, 0.6) is 0 Å². The Bertz CT molecular complexity index is 172. The molecule has 0 unspecified atom stereocenters. The van der Waals surface area contributed by atoms with Gasteiger partial charge in [-0.2, -0.15) is 0 Å². The first-order valence-corrected chi connectivity index (χ1v) is 4.07. The zero-order valence-electron chi connectivity index (χ0n) is 7.53. The highest BCUT2D eigenvalue weighted by molar-refractivity contribution is 5.77. The first kappa shape index (κ1) is 9.12. The summed E-state index contributed by atoms with van der Waals surface area (Å²) < 4.78 is 5.52. The molecular weight excluding hydrogens is 156 g/mol. The zero-order valence-corrected chi connectivity index (χ0v) is 7.53. The van der Waals surface area contributed by atoms with Gasteiger partial charge in [-0.3, -0.25) is 0 Å². The second-order valence-electron chi connectivity index (χ2n) is 3.15. The highest BCUT2D eigenvalue weighted by Gasteiger charge is 2.23. The summed E-state index contributed by atoms with van der Waals surface area (Å²) in [5.41, 5.74) is 5.57. The van der Waals surface area contributed by atoms with E-state index in [0.717, 1.165) is 13.1 Å². The summed E-state index contributed by atoms with van der Waals surface area (Å²) in [6.07, 6.45) is 0.378. The molecule has 5 nitrogen and oxygen atoms in total. The van der Waals surface area contributed by atoms with Crippen molar-refractivity contribution in [2.45, 2.75) is 26.1 Å². The number of rotatable bonds is 0. The highest BCUT2D eigenvalue weighted by Crippen LogP contribution is 2.09. The van der Waals surface area contributed by atoms with Crippen molar-refractivity contribution in [3.05, 3.63) is 0 Å². The number of hydrogen-bond donors (Lipinski definition) is 2. The molecule has 0 aromatic heterocycles. The van der Waals surface area contributed by atoms with Gasteiger partial charge in [0.15, 0.2) is 0 Å².